The van der Waals surface area contributed by atoms with Crippen LogP contribution in [-0.2, 0) is 4.79 Å². The molecule has 0 spiro atoms. The molecule has 4 rings (SSSR count). The molecule has 1 amide bonds. The van der Waals surface area contributed by atoms with E-state index in [0.717, 1.165) is 29.9 Å². The van der Waals surface area contributed by atoms with Crippen LogP contribution in [0.25, 0.3) is 0 Å². The van der Waals surface area contributed by atoms with E-state index in [1.54, 1.807) is 13.0 Å². The standard InChI is InChI=1S/C19H22N2O4/c1-12-10-17(21-25-12)20-19(22)18(13-4-2-3-5-13)14-6-7-15-16(11-14)24-9-8-23-15/h6-7,10-11,13,18H,2-5,8-9H2,1H3,(H,20,21,22). The summed E-state index contributed by atoms with van der Waals surface area (Å²) in [5.41, 5.74) is 0.967. The summed E-state index contributed by atoms with van der Waals surface area (Å²) in [5.74, 6) is 2.65. The molecule has 1 aromatic heterocycles. The van der Waals surface area contributed by atoms with Gasteiger partial charge in [-0.25, -0.2) is 0 Å². The SMILES string of the molecule is Cc1cc(NC(=O)C(c2ccc3c(c2)OCCO3)C2CCCC2)no1. The fourth-order valence-corrected chi connectivity index (χ4v) is 3.81. The fraction of sp³-hybridized carbons (Fsp3) is 0.474. The number of nitrogens with one attached hydrogen (secondary N) is 1. The van der Waals surface area contributed by atoms with E-state index in [9.17, 15) is 4.79 Å². The lowest BCUT2D eigenvalue weighted by Crippen LogP contribution is -2.27. The first-order valence-electron chi connectivity index (χ1n) is 8.84. The summed E-state index contributed by atoms with van der Waals surface area (Å²) in [6.07, 6.45) is 4.46. The van der Waals surface area contributed by atoms with Crippen LogP contribution in [0.1, 0.15) is 42.9 Å². The van der Waals surface area contributed by atoms with Gasteiger partial charge in [0.15, 0.2) is 17.3 Å². The summed E-state index contributed by atoms with van der Waals surface area (Å²) >= 11 is 0. The third kappa shape index (κ3) is 3.34. The Labute approximate surface area is 146 Å². The van der Waals surface area contributed by atoms with Crippen molar-refractivity contribution in [2.75, 3.05) is 18.5 Å². The summed E-state index contributed by atoms with van der Waals surface area (Å²) in [6, 6.07) is 7.56. The topological polar surface area (TPSA) is 73.6 Å². The van der Waals surface area contributed by atoms with Crippen LogP contribution in [0.15, 0.2) is 28.8 Å². The molecule has 2 aliphatic rings. The predicted molar refractivity (Wildman–Crippen MR) is 92.0 cm³/mol. The molecule has 6 nitrogen and oxygen atoms in total. The highest BCUT2D eigenvalue weighted by Crippen LogP contribution is 2.41. The minimum absolute atomic E-state index is 0.0446. The maximum absolute atomic E-state index is 13.0. The maximum Gasteiger partial charge on any atom is 0.233 e. The molecule has 1 fully saturated rings. The smallest absolute Gasteiger partial charge is 0.233 e. The van der Waals surface area contributed by atoms with Crippen LogP contribution < -0.4 is 14.8 Å². The second kappa shape index (κ2) is 6.78. The molecule has 132 valence electrons. The lowest BCUT2D eigenvalue weighted by Gasteiger charge is -2.25. The molecule has 1 aromatic carbocycles. The van der Waals surface area contributed by atoms with Gasteiger partial charge in [0.05, 0.1) is 5.92 Å². The van der Waals surface area contributed by atoms with Crippen molar-refractivity contribution >= 4 is 11.7 Å². The number of aryl methyl sites for hydroxylation is 1. The average molecular weight is 342 g/mol. The zero-order valence-corrected chi connectivity index (χ0v) is 14.3. The third-order valence-electron chi connectivity index (χ3n) is 4.96. The summed E-state index contributed by atoms with van der Waals surface area (Å²) in [6.45, 7) is 2.90. The van der Waals surface area contributed by atoms with Gasteiger partial charge in [-0.05, 0) is 43.4 Å². The van der Waals surface area contributed by atoms with Gasteiger partial charge in [-0.1, -0.05) is 24.1 Å². The Kier molecular flexibility index (Phi) is 4.34. The van der Waals surface area contributed by atoms with Gasteiger partial charge in [-0.15, -0.1) is 0 Å². The third-order valence-corrected chi connectivity index (χ3v) is 4.96. The van der Waals surface area contributed by atoms with Crippen molar-refractivity contribution in [1.82, 2.24) is 5.16 Å². The highest BCUT2D eigenvalue weighted by atomic mass is 16.6. The average Bonchev–Trinajstić information content (AvgIpc) is 3.27. The molecule has 1 aliphatic carbocycles. The Hall–Kier alpha value is -2.50. The molecule has 1 atom stereocenters. The van der Waals surface area contributed by atoms with Gasteiger partial charge >= 0.3 is 0 Å². The molecule has 1 saturated carbocycles. The number of benzene rings is 1. The van der Waals surface area contributed by atoms with Crippen molar-refractivity contribution in [2.45, 2.75) is 38.5 Å². The molecule has 2 aromatic rings. The number of fused-ring (bicyclic) bond motifs is 1. The zero-order chi connectivity index (χ0) is 17.2. The monoisotopic (exact) mass is 342 g/mol. The van der Waals surface area contributed by atoms with E-state index in [1.807, 2.05) is 18.2 Å². The first kappa shape index (κ1) is 16.0. The first-order valence-corrected chi connectivity index (χ1v) is 8.84. The van der Waals surface area contributed by atoms with Crippen molar-refractivity contribution in [3.8, 4) is 11.5 Å². The predicted octanol–water partition coefficient (Wildman–Crippen LogP) is 3.67. The summed E-state index contributed by atoms with van der Waals surface area (Å²) in [7, 11) is 0. The van der Waals surface area contributed by atoms with Crippen molar-refractivity contribution in [1.29, 1.82) is 0 Å². The Morgan fingerprint density at radius 3 is 2.64 bits per heavy atom. The summed E-state index contributed by atoms with van der Waals surface area (Å²) in [5, 5.41) is 6.78. The lowest BCUT2D eigenvalue weighted by atomic mass is 9.84. The Morgan fingerprint density at radius 2 is 1.92 bits per heavy atom. The molecular weight excluding hydrogens is 320 g/mol. The van der Waals surface area contributed by atoms with Gasteiger partial charge in [0.2, 0.25) is 5.91 Å². The Balaban J connectivity index is 1.62. The van der Waals surface area contributed by atoms with E-state index in [1.165, 1.54) is 12.8 Å². The second-order valence-corrected chi connectivity index (χ2v) is 6.74. The normalized spacial score (nSPS) is 18.1. The number of ether oxygens (including phenoxy) is 2. The molecule has 25 heavy (non-hydrogen) atoms. The number of nitrogens with zero attached hydrogens (tertiary/aromatic N) is 1. The maximum atomic E-state index is 13.0. The largest absolute Gasteiger partial charge is 0.486 e. The van der Waals surface area contributed by atoms with Crippen molar-refractivity contribution < 1.29 is 18.8 Å². The van der Waals surface area contributed by atoms with E-state index in [0.29, 0.717) is 30.7 Å². The van der Waals surface area contributed by atoms with E-state index in [4.69, 9.17) is 14.0 Å². The molecule has 0 bridgehead atoms. The zero-order valence-electron chi connectivity index (χ0n) is 14.3. The number of hydrogen-bond donors (Lipinski definition) is 1. The Morgan fingerprint density at radius 1 is 1.16 bits per heavy atom. The lowest BCUT2D eigenvalue weighted by molar-refractivity contribution is -0.118. The molecule has 0 saturated heterocycles. The number of aromatic nitrogens is 1. The number of anilines is 1. The fourth-order valence-electron chi connectivity index (χ4n) is 3.81. The quantitative estimate of drug-likeness (QED) is 0.918. The van der Waals surface area contributed by atoms with Crippen LogP contribution in [0.3, 0.4) is 0 Å². The van der Waals surface area contributed by atoms with E-state index in [2.05, 4.69) is 10.5 Å². The van der Waals surface area contributed by atoms with Crippen LogP contribution in [0.5, 0.6) is 11.5 Å². The van der Waals surface area contributed by atoms with Gasteiger partial charge in [0, 0.05) is 6.07 Å². The Bertz CT molecular complexity index is 765. The number of amides is 1. The van der Waals surface area contributed by atoms with Crippen LogP contribution in [0, 0.1) is 12.8 Å². The molecule has 6 heteroatoms. The second-order valence-electron chi connectivity index (χ2n) is 6.74. The minimum atomic E-state index is -0.227. The number of hydrogen-bond acceptors (Lipinski definition) is 5. The van der Waals surface area contributed by atoms with Gasteiger partial charge in [0.25, 0.3) is 0 Å². The molecule has 1 N–H and O–H groups in total. The number of carbonyl (C=O) groups is 1. The highest BCUT2D eigenvalue weighted by molar-refractivity contribution is 5.95. The van der Waals surface area contributed by atoms with Gasteiger partial charge in [-0.2, -0.15) is 0 Å². The van der Waals surface area contributed by atoms with E-state index < -0.39 is 0 Å². The molecular formula is C19H22N2O4. The highest BCUT2D eigenvalue weighted by Gasteiger charge is 2.33. The van der Waals surface area contributed by atoms with Crippen LogP contribution >= 0.6 is 0 Å². The van der Waals surface area contributed by atoms with Crippen molar-refractivity contribution in [2.24, 2.45) is 5.92 Å². The van der Waals surface area contributed by atoms with E-state index in [-0.39, 0.29) is 11.8 Å². The van der Waals surface area contributed by atoms with Crippen LogP contribution in [-0.4, -0.2) is 24.3 Å². The number of carbonyl (C=O) groups excluding carboxylic acids is 1. The summed E-state index contributed by atoms with van der Waals surface area (Å²) < 4.78 is 16.3. The van der Waals surface area contributed by atoms with Gasteiger partial charge in [0.1, 0.15) is 19.0 Å². The van der Waals surface area contributed by atoms with Gasteiger partial charge < -0.3 is 19.3 Å². The first-order chi connectivity index (χ1) is 12.2. The van der Waals surface area contributed by atoms with Crippen LogP contribution in [0.4, 0.5) is 5.82 Å². The molecule has 1 unspecified atom stereocenters. The molecule has 2 heterocycles. The van der Waals surface area contributed by atoms with E-state index >= 15 is 0 Å². The van der Waals surface area contributed by atoms with Gasteiger partial charge in [-0.3, -0.25) is 4.79 Å². The molecule has 0 radical (unpaired) electrons. The summed E-state index contributed by atoms with van der Waals surface area (Å²) in [4.78, 5) is 13.0. The number of rotatable bonds is 4. The van der Waals surface area contributed by atoms with Crippen molar-refractivity contribution in [3.63, 3.8) is 0 Å². The van der Waals surface area contributed by atoms with Crippen LogP contribution in [0.2, 0.25) is 0 Å². The minimum Gasteiger partial charge on any atom is -0.486 e. The van der Waals surface area contributed by atoms with Crippen molar-refractivity contribution in [3.05, 3.63) is 35.6 Å². The molecule has 1 aliphatic heterocycles.